The van der Waals surface area contributed by atoms with E-state index in [9.17, 15) is 4.39 Å². The fourth-order valence-electron chi connectivity index (χ4n) is 4.68. The molecule has 168 valence electrons. The molecule has 0 spiro atoms. The normalized spacial score (nSPS) is 15.0. The number of aryl methyl sites for hydroxylation is 2. The quantitative estimate of drug-likeness (QED) is 0.499. The molecule has 2 aliphatic rings. The van der Waals surface area contributed by atoms with Crippen LogP contribution in [0.1, 0.15) is 35.2 Å². The van der Waals surface area contributed by atoms with Gasteiger partial charge in [-0.25, -0.2) is 9.37 Å². The Morgan fingerprint density at radius 1 is 1.18 bits per heavy atom. The van der Waals surface area contributed by atoms with Gasteiger partial charge < -0.3 is 10.5 Å². The molecule has 1 fully saturated rings. The lowest BCUT2D eigenvalue weighted by molar-refractivity contribution is 0.307. The molecule has 0 unspecified atom stereocenters. The Balaban J connectivity index is 1.60. The molecular weight excluding hydrogens is 419 g/mol. The number of hydrogen-bond acceptors (Lipinski definition) is 5. The molecule has 6 rings (SSSR count). The number of nitrogen functional groups attached to an aromatic ring is 1. The van der Waals surface area contributed by atoms with Gasteiger partial charge in [0.2, 0.25) is 0 Å². The summed E-state index contributed by atoms with van der Waals surface area (Å²) in [5.74, 6) is 1.13. The highest BCUT2D eigenvalue weighted by Crippen LogP contribution is 2.38. The van der Waals surface area contributed by atoms with Gasteiger partial charge in [0, 0.05) is 60.2 Å². The van der Waals surface area contributed by atoms with Crippen molar-refractivity contribution in [1.29, 1.82) is 0 Å². The van der Waals surface area contributed by atoms with Crippen molar-refractivity contribution in [1.82, 2.24) is 24.5 Å². The van der Waals surface area contributed by atoms with Gasteiger partial charge in [0.05, 0.1) is 17.1 Å². The second-order valence-electron chi connectivity index (χ2n) is 9.09. The van der Waals surface area contributed by atoms with E-state index in [1.54, 1.807) is 12.3 Å². The van der Waals surface area contributed by atoms with Crippen LogP contribution >= 0.6 is 0 Å². The molecule has 8 heteroatoms. The third-order valence-corrected chi connectivity index (χ3v) is 6.51. The van der Waals surface area contributed by atoms with Crippen molar-refractivity contribution in [2.24, 2.45) is 13.0 Å². The van der Waals surface area contributed by atoms with Gasteiger partial charge in [0.25, 0.3) is 0 Å². The predicted octanol–water partition coefficient (Wildman–Crippen LogP) is 4.27. The van der Waals surface area contributed by atoms with Gasteiger partial charge in [-0.3, -0.25) is 9.36 Å². The zero-order valence-electron chi connectivity index (χ0n) is 18.7. The van der Waals surface area contributed by atoms with E-state index in [0.29, 0.717) is 29.5 Å². The summed E-state index contributed by atoms with van der Waals surface area (Å²) in [7, 11) is 1.91. The Hall–Kier alpha value is -3.68. The number of pyridine rings is 1. The Bertz CT molecular complexity index is 1380. The second kappa shape index (κ2) is 7.43. The minimum Gasteiger partial charge on any atom is -0.485 e. The predicted molar refractivity (Wildman–Crippen MR) is 123 cm³/mol. The third-order valence-electron chi connectivity index (χ3n) is 6.51. The number of ether oxygens (including phenoxy) is 1. The minimum atomic E-state index is -0.318. The third kappa shape index (κ3) is 3.55. The highest BCUT2D eigenvalue weighted by atomic mass is 19.1. The fraction of sp³-hybridized carbons (Fsp3) is 0.320. The van der Waals surface area contributed by atoms with Crippen molar-refractivity contribution in [2.45, 2.75) is 39.3 Å². The monoisotopic (exact) mass is 444 g/mol. The van der Waals surface area contributed by atoms with E-state index in [2.05, 4.69) is 16.6 Å². The average molecular weight is 445 g/mol. The molecule has 0 amide bonds. The van der Waals surface area contributed by atoms with Crippen LogP contribution in [-0.2, 0) is 26.6 Å². The summed E-state index contributed by atoms with van der Waals surface area (Å²) in [5.41, 5.74) is 13.7. The minimum absolute atomic E-state index is 0.158. The van der Waals surface area contributed by atoms with E-state index >= 15 is 0 Å². The summed E-state index contributed by atoms with van der Waals surface area (Å²) in [6.07, 6.45) is 6.95. The molecule has 0 saturated heterocycles. The van der Waals surface area contributed by atoms with Crippen LogP contribution in [0.15, 0.2) is 36.7 Å². The molecule has 7 nitrogen and oxygen atoms in total. The molecule has 4 heterocycles. The molecule has 0 radical (unpaired) electrons. The Morgan fingerprint density at radius 2 is 2.03 bits per heavy atom. The highest BCUT2D eigenvalue weighted by Gasteiger charge is 2.27. The molecule has 4 aromatic rings. The lowest BCUT2D eigenvalue weighted by Crippen LogP contribution is -2.07. The Kier molecular flexibility index (Phi) is 4.50. The van der Waals surface area contributed by atoms with E-state index in [1.807, 2.05) is 24.0 Å². The number of aromatic nitrogens is 5. The average Bonchev–Trinajstić information content (AvgIpc) is 3.45. The van der Waals surface area contributed by atoms with Crippen LogP contribution < -0.4 is 10.5 Å². The summed E-state index contributed by atoms with van der Waals surface area (Å²) in [6.45, 7) is 3.10. The van der Waals surface area contributed by atoms with Gasteiger partial charge in [-0.1, -0.05) is 0 Å². The number of hydrogen-bond donors (Lipinski definition) is 1. The van der Waals surface area contributed by atoms with Crippen LogP contribution in [0.2, 0.25) is 0 Å². The highest BCUT2D eigenvalue weighted by molar-refractivity contribution is 5.72. The van der Waals surface area contributed by atoms with Gasteiger partial charge in [-0.05, 0) is 49.9 Å². The van der Waals surface area contributed by atoms with Crippen LogP contribution in [0.4, 0.5) is 10.2 Å². The Morgan fingerprint density at radius 3 is 2.85 bits per heavy atom. The number of fused-ring (bicyclic) bond motifs is 7. The molecule has 1 aliphatic carbocycles. The summed E-state index contributed by atoms with van der Waals surface area (Å²) in [6, 6.07) is 6.66. The summed E-state index contributed by atoms with van der Waals surface area (Å²) in [4.78, 5) is 4.42. The maximum atomic E-state index is 14.2. The van der Waals surface area contributed by atoms with Crippen LogP contribution in [0.3, 0.4) is 0 Å². The van der Waals surface area contributed by atoms with E-state index in [0.717, 1.165) is 45.9 Å². The molecule has 2 bridgehead atoms. The molecule has 1 saturated carbocycles. The standard InChI is InChI=1S/C25H25FN6O/c1-14-21-8-17-12-31(2)30-23(17)20-6-5-19(26)7-18(20)13-33-22-9-16(10-28-25(22)27)24(21)32(29-14)11-15-3-4-15/h5-7,9-10,12,15H,3-4,8,11,13H2,1-2H3,(H2,27,28). The summed E-state index contributed by atoms with van der Waals surface area (Å²) >= 11 is 0. The smallest absolute Gasteiger partial charge is 0.166 e. The lowest BCUT2D eigenvalue weighted by atomic mass is 9.95. The number of rotatable bonds is 2. The molecule has 0 atom stereocenters. The zero-order chi connectivity index (χ0) is 22.7. The van der Waals surface area contributed by atoms with E-state index < -0.39 is 0 Å². The lowest BCUT2D eigenvalue weighted by Gasteiger charge is -2.16. The van der Waals surface area contributed by atoms with Gasteiger partial charge in [0.15, 0.2) is 11.6 Å². The van der Waals surface area contributed by atoms with E-state index in [1.165, 1.54) is 25.0 Å². The van der Waals surface area contributed by atoms with Crippen LogP contribution in [-0.4, -0.2) is 24.5 Å². The topological polar surface area (TPSA) is 83.8 Å². The summed E-state index contributed by atoms with van der Waals surface area (Å²) in [5, 5.41) is 9.65. The molecular formula is C25H25FN6O. The largest absolute Gasteiger partial charge is 0.485 e. The van der Waals surface area contributed by atoms with Gasteiger partial charge in [0.1, 0.15) is 12.4 Å². The van der Waals surface area contributed by atoms with E-state index in [4.69, 9.17) is 20.7 Å². The van der Waals surface area contributed by atoms with Crippen LogP contribution in [0.5, 0.6) is 5.75 Å². The van der Waals surface area contributed by atoms with E-state index in [-0.39, 0.29) is 12.4 Å². The Labute approximate surface area is 191 Å². The molecule has 1 aliphatic heterocycles. The fourth-order valence-corrected chi connectivity index (χ4v) is 4.68. The van der Waals surface area contributed by atoms with Gasteiger partial charge in [-0.15, -0.1) is 0 Å². The molecule has 3 aromatic heterocycles. The van der Waals surface area contributed by atoms with Crippen molar-refractivity contribution in [2.75, 3.05) is 5.73 Å². The number of benzene rings is 1. The summed E-state index contributed by atoms with van der Waals surface area (Å²) < 4.78 is 24.2. The first-order chi connectivity index (χ1) is 16.0. The van der Waals surface area contributed by atoms with Crippen molar-refractivity contribution in [3.05, 3.63) is 64.9 Å². The molecule has 1 aromatic carbocycles. The van der Waals surface area contributed by atoms with Gasteiger partial charge >= 0.3 is 0 Å². The maximum absolute atomic E-state index is 14.2. The molecule has 33 heavy (non-hydrogen) atoms. The first-order valence-electron chi connectivity index (χ1n) is 11.2. The first kappa shape index (κ1) is 20.0. The van der Waals surface area contributed by atoms with Crippen LogP contribution in [0, 0.1) is 18.7 Å². The number of nitrogens with two attached hydrogens (primary N) is 1. The maximum Gasteiger partial charge on any atom is 0.166 e. The van der Waals surface area contributed by atoms with Crippen molar-refractivity contribution in [3.63, 3.8) is 0 Å². The number of nitrogens with zero attached hydrogens (tertiary/aromatic N) is 5. The van der Waals surface area contributed by atoms with Crippen molar-refractivity contribution >= 4 is 5.82 Å². The first-order valence-corrected chi connectivity index (χ1v) is 11.2. The second-order valence-corrected chi connectivity index (χ2v) is 9.09. The van der Waals surface area contributed by atoms with Gasteiger partial charge in [-0.2, -0.15) is 10.2 Å². The zero-order valence-corrected chi connectivity index (χ0v) is 18.7. The number of halogens is 1. The number of anilines is 1. The van der Waals surface area contributed by atoms with Crippen molar-refractivity contribution < 1.29 is 9.13 Å². The molecule has 2 N–H and O–H groups in total. The van der Waals surface area contributed by atoms with Crippen molar-refractivity contribution in [3.8, 4) is 28.3 Å². The van der Waals surface area contributed by atoms with Crippen LogP contribution in [0.25, 0.3) is 22.5 Å². The SMILES string of the molecule is Cc1nn(CC2CC2)c2c1Cc1cn(C)nc1-c1ccc(F)cc1COc1cc-2cnc1N.